The van der Waals surface area contributed by atoms with Gasteiger partial charge in [0.1, 0.15) is 0 Å². The molecule has 3 heteroatoms. The minimum atomic E-state index is -0.216. The zero-order valence-corrected chi connectivity index (χ0v) is 11.6. The van der Waals surface area contributed by atoms with Crippen molar-refractivity contribution in [1.29, 1.82) is 0 Å². The fourth-order valence-corrected chi connectivity index (χ4v) is 3.00. The molecule has 0 radical (unpaired) electrons. The molecule has 1 unspecified atom stereocenters. The van der Waals surface area contributed by atoms with E-state index >= 15 is 0 Å². The van der Waals surface area contributed by atoms with Crippen LogP contribution >= 0.6 is 0 Å². The molecule has 0 aromatic heterocycles. The van der Waals surface area contributed by atoms with Crippen molar-refractivity contribution in [2.45, 2.75) is 45.1 Å². The Balaban J connectivity index is 1.78. The highest BCUT2D eigenvalue weighted by Gasteiger charge is 2.22. The van der Waals surface area contributed by atoms with Gasteiger partial charge in [-0.25, -0.2) is 0 Å². The van der Waals surface area contributed by atoms with E-state index in [1.807, 2.05) is 0 Å². The first kappa shape index (κ1) is 14.0. The molecule has 0 bridgehead atoms. The summed E-state index contributed by atoms with van der Waals surface area (Å²) in [5.74, 6) is 0.500. The third kappa shape index (κ3) is 4.08. The molecule has 2 fully saturated rings. The lowest BCUT2D eigenvalue weighted by Crippen LogP contribution is -2.36. The molecule has 2 aliphatic rings. The molecule has 1 aliphatic carbocycles. The normalized spacial score (nSPS) is 26.2. The summed E-state index contributed by atoms with van der Waals surface area (Å²) >= 11 is 0. The third-order valence-corrected chi connectivity index (χ3v) is 4.34. The molecule has 0 spiro atoms. The van der Waals surface area contributed by atoms with Gasteiger partial charge in [-0.05, 0) is 31.3 Å². The summed E-state index contributed by atoms with van der Waals surface area (Å²) in [4.78, 5) is 2.39. The highest BCUT2D eigenvalue weighted by molar-refractivity contribution is 5.07. The van der Waals surface area contributed by atoms with Crippen molar-refractivity contribution in [2.24, 2.45) is 5.92 Å². The predicted molar refractivity (Wildman–Crippen MR) is 73.6 cm³/mol. The van der Waals surface area contributed by atoms with E-state index in [4.69, 9.17) is 4.74 Å². The van der Waals surface area contributed by atoms with Crippen LogP contribution in [0.5, 0.6) is 0 Å². The first-order valence-corrected chi connectivity index (χ1v) is 7.42. The second kappa shape index (κ2) is 7.27. The van der Waals surface area contributed by atoms with Crippen LogP contribution in [0, 0.1) is 5.92 Å². The molecule has 18 heavy (non-hydrogen) atoms. The van der Waals surface area contributed by atoms with Gasteiger partial charge in [-0.3, -0.25) is 4.90 Å². The largest absolute Gasteiger partial charge is 0.388 e. The average Bonchev–Trinajstić information content (AvgIpc) is 2.46. The van der Waals surface area contributed by atoms with Crippen LogP contribution in [-0.2, 0) is 4.74 Å². The molecule has 0 amide bonds. The standard InChI is InChI=1S/C15H27NO2/c1-13(7-8-16-9-11-18-12-10-16)15(17)14-5-3-2-4-6-14/h7,14-15,17H,2-6,8-12H2,1H3/b13-7-. The van der Waals surface area contributed by atoms with Crippen LogP contribution in [0.15, 0.2) is 11.6 Å². The van der Waals surface area contributed by atoms with Crippen molar-refractivity contribution in [3.63, 3.8) is 0 Å². The van der Waals surface area contributed by atoms with Crippen LogP contribution in [0.4, 0.5) is 0 Å². The van der Waals surface area contributed by atoms with E-state index < -0.39 is 0 Å². The maximum atomic E-state index is 10.4. The quantitative estimate of drug-likeness (QED) is 0.780. The Kier molecular flexibility index (Phi) is 5.67. The fourth-order valence-electron chi connectivity index (χ4n) is 3.00. The molecule has 1 N–H and O–H groups in total. The number of aliphatic hydroxyl groups is 1. The van der Waals surface area contributed by atoms with Crippen molar-refractivity contribution in [3.05, 3.63) is 11.6 Å². The van der Waals surface area contributed by atoms with E-state index in [9.17, 15) is 5.11 Å². The van der Waals surface area contributed by atoms with Gasteiger partial charge in [0.2, 0.25) is 0 Å². The summed E-state index contributed by atoms with van der Waals surface area (Å²) < 4.78 is 5.34. The SMILES string of the molecule is C/C(=C/CN1CCOCC1)C(O)C1CCCCC1. The number of morpholine rings is 1. The number of nitrogens with zero attached hydrogens (tertiary/aromatic N) is 1. The number of ether oxygens (including phenoxy) is 1. The molecule has 1 atom stereocenters. The lowest BCUT2D eigenvalue weighted by Gasteiger charge is -2.28. The first-order valence-electron chi connectivity index (χ1n) is 7.42. The van der Waals surface area contributed by atoms with E-state index in [1.54, 1.807) is 0 Å². The van der Waals surface area contributed by atoms with Crippen molar-refractivity contribution >= 4 is 0 Å². The molecule has 2 rings (SSSR count). The predicted octanol–water partition coefficient (Wildman–Crippen LogP) is 2.21. The average molecular weight is 253 g/mol. The molecule has 0 aromatic rings. The first-order chi connectivity index (χ1) is 8.77. The Hall–Kier alpha value is -0.380. The summed E-state index contributed by atoms with van der Waals surface area (Å²) in [6.45, 7) is 6.77. The Morgan fingerprint density at radius 3 is 2.61 bits per heavy atom. The summed E-state index contributed by atoms with van der Waals surface area (Å²) in [5.41, 5.74) is 1.16. The second-order valence-corrected chi connectivity index (χ2v) is 5.70. The van der Waals surface area contributed by atoms with Crippen molar-refractivity contribution < 1.29 is 9.84 Å². The number of hydrogen-bond donors (Lipinski definition) is 1. The van der Waals surface area contributed by atoms with E-state index in [1.165, 1.54) is 32.1 Å². The Labute approximate surface area is 111 Å². The molecule has 1 saturated carbocycles. The molecule has 3 nitrogen and oxygen atoms in total. The monoisotopic (exact) mass is 253 g/mol. The van der Waals surface area contributed by atoms with Gasteiger partial charge in [0, 0.05) is 19.6 Å². The molecular weight excluding hydrogens is 226 g/mol. The van der Waals surface area contributed by atoms with Gasteiger partial charge in [0.05, 0.1) is 19.3 Å². The lowest BCUT2D eigenvalue weighted by atomic mass is 9.83. The lowest BCUT2D eigenvalue weighted by molar-refractivity contribution is 0.0430. The van der Waals surface area contributed by atoms with Gasteiger partial charge in [0.25, 0.3) is 0 Å². The summed E-state index contributed by atoms with van der Waals surface area (Å²) in [5, 5.41) is 10.4. The number of rotatable bonds is 4. The maximum Gasteiger partial charge on any atom is 0.0776 e. The molecule has 1 aliphatic heterocycles. The van der Waals surface area contributed by atoms with Crippen LogP contribution in [0.25, 0.3) is 0 Å². The molecule has 104 valence electrons. The van der Waals surface area contributed by atoms with Crippen LogP contribution in [0.1, 0.15) is 39.0 Å². The Bertz CT molecular complexity index is 266. The third-order valence-electron chi connectivity index (χ3n) is 4.34. The second-order valence-electron chi connectivity index (χ2n) is 5.70. The van der Waals surface area contributed by atoms with Crippen molar-refractivity contribution in [2.75, 3.05) is 32.8 Å². The van der Waals surface area contributed by atoms with E-state index in [-0.39, 0.29) is 6.10 Å². The van der Waals surface area contributed by atoms with Gasteiger partial charge in [0.15, 0.2) is 0 Å². The zero-order chi connectivity index (χ0) is 12.8. The van der Waals surface area contributed by atoms with E-state index in [0.29, 0.717) is 5.92 Å². The minimum Gasteiger partial charge on any atom is -0.388 e. The van der Waals surface area contributed by atoms with Gasteiger partial charge < -0.3 is 9.84 Å². The molecule has 0 aromatic carbocycles. The Morgan fingerprint density at radius 1 is 1.28 bits per heavy atom. The molecular formula is C15H27NO2. The van der Waals surface area contributed by atoms with Gasteiger partial charge >= 0.3 is 0 Å². The number of aliphatic hydroxyl groups excluding tert-OH is 1. The van der Waals surface area contributed by atoms with Gasteiger partial charge in [-0.1, -0.05) is 25.3 Å². The maximum absolute atomic E-state index is 10.4. The van der Waals surface area contributed by atoms with Gasteiger partial charge in [-0.15, -0.1) is 0 Å². The highest BCUT2D eigenvalue weighted by atomic mass is 16.5. The van der Waals surface area contributed by atoms with E-state index in [0.717, 1.165) is 38.4 Å². The topological polar surface area (TPSA) is 32.7 Å². The highest BCUT2D eigenvalue weighted by Crippen LogP contribution is 2.29. The summed E-state index contributed by atoms with van der Waals surface area (Å²) in [6.07, 6.45) is 8.32. The zero-order valence-electron chi connectivity index (χ0n) is 11.6. The van der Waals surface area contributed by atoms with Crippen LogP contribution in [0.2, 0.25) is 0 Å². The summed E-state index contributed by atoms with van der Waals surface area (Å²) in [7, 11) is 0. The minimum absolute atomic E-state index is 0.216. The Morgan fingerprint density at radius 2 is 1.94 bits per heavy atom. The van der Waals surface area contributed by atoms with Crippen molar-refractivity contribution in [1.82, 2.24) is 4.90 Å². The van der Waals surface area contributed by atoms with Crippen LogP contribution in [0.3, 0.4) is 0 Å². The van der Waals surface area contributed by atoms with E-state index in [2.05, 4.69) is 17.9 Å². The van der Waals surface area contributed by atoms with Gasteiger partial charge in [-0.2, -0.15) is 0 Å². The molecule has 1 saturated heterocycles. The van der Waals surface area contributed by atoms with Crippen molar-refractivity contribution in [3.8, 4) is 0 Å². The van der Waals surface area contributed by atoms with Crippen LogP contribution in [-0.4, -0.2) is 49.0 Å². The van der Waals surface area contributed by atoms with Crippen LogP contribution < -0.4 is 0 Å². The fraction of sp³-hybridized carbons (Fsp3) is 0.867. The number of hydrogen-bond acceptors (Lipinski definition) is 3. The summed E-state index contributed by atoms with van der Waals surface area (Å²) in [6, 6.07) is 0. The smallest absolute Gasteiger partial charge is 0.0776 e. The molecule has 1 heterocycles.